The minimum atomic E-state index is -0.806. The zero-order valence-electron chi connectivity index (χ0n) is 13.4. The molecule has 1 aliphatic heterocycles. The minimum Gasteiger partial charge on any atom is -0.468 e. The number of benzene rings is 1. The Morgan fingerprint density at radius 3 is 2.43 bits per heavy atom. The van der Waals surface area contributed by atoms with E-state index in [-0.39, 0.29) is 5.57 Å². The smallest absolute Gasteiger partial charge is 0.336 e. The Labute approximate surface area is 133 Å². The minimum absolute atomic E-state index is 0.235. The maximum atomic E-state index is 13.7. The molecule has 0 bridgehead atoms. The van der Waals surface area contributed by atoms with Gasteiger partial charge in [0.25, 0.3) is 0 Å². The lowest BCUT2D eigenvalue weighted by Gasteiger charge is -2.31. The number of esters is 2. The molecular weight excluding hydrogens is 301 g/mol. The number of halogens is 1. The van der Waals surface area contributed by atoms with E-state index in [1.807, 2.05) is 0 Å². The van der Waals surface area contributed by atoms with Crippen molar-refractivity contribution >= 4 is 17.7 Å². The summed E-state index contributed by atoms with van der Waals surface area (Å²) >= 11 is 0. The van der Waals surface area contributed by atoms with Crippen molar-refractivity contribution in [2.75, 3.05) is 14.2 Å². The third kappa shape index (κ3) is 3.16. The molecule has 5 nitrogen and oxygen atoms in total. The SMILES string of the molecule is COC(=O)C1=C(C)N=C(C)C(C(=O)OC)[C@@H]1c1cccc(F)c1. The van der Waals surface area contributed by atoms with Gasteiger partial charge in [-0.25, -0.2) is 9.18 Å². The summed E-state index contributed by atoms with van der Waals surface area (Å²) in [6, 6.07) is 5.80. The van der Waals surface area contributed by atoms with Crippen LogP contribution in [0.3, 0.4) is 0 Å². The number of aliphatic imine (C=N–C) groups is 1. The molecule has 1 unspecified atom stereocenters. The third-order valence-electron chi connectivity index (χ3n) is 3.90. The predicted molar refractivity (Wildman–Crippen MR) is 82.5 cm³/mol. The van der Waals surface area contributed by atoms with Crippen molar-refractivity contribution < 1.29 is 23.5 Å². The average Bonchev–Trinajstić information content (AvgIpc) is 2.52. The molecule has 0 N–H and O–H groups in total. The molecule has 0 saturated carbocycles. The Morgan fingerprint density at radius 1 is 1.17 bits per heavy atom. The van der Waals surface area contributed by atoms with E-state index < -0.39 is 29.6 Å². The molecule has 0 spiro atoms. The highest BCUT2D eigenvalue weighted by Crippen LogP contribution is 2.40. The lowest BCUT2D eigenvalue weighted by atomic mass is 9.75. The Morgan fingerprint density at radius 2 is 1.87 bits per heavy atom. The number of hydrogen-bond donors (Lipinski definition) is 0. The second-order valence-corrected chi connectivity index (χ2v) is 5.28. The van der Waals surface area contributed by atoms with Gasteiger partial charge in [-0.05, 0) is 31.5 Å². The van der Waals surface area contributed by atoms with Crippen molar-refractivity contribution in [3.8, 4) is 0 Å². The average molecular weight is 319 g/mol. The van der Waals surface area contributed by atoms with Crippen LogP contribution in [0.25, 0.3) is 0 Å². The van der Waals surface area contributed by atoms with Crippen LogP contribution in [0.2, 0.25) is 0 Å². The lowest BCUT2D eigenvalue weighted by molar-refractivity contribution is -0.143. The molecule has 0 aliphatic carbocycles. The van der Waals surface area contributed by atoms with Crippen LogP contribution < -0.4 is 0 Å². The van der Waals surface area contributed by atoms with Crippen molar-refractivity contribution in [3.63, 3.8) is 0 Å². The highest BCUT2D eigenvalue weighted by atomic mass is 19.1. The van der Waals surface area contributed by atoms with Gasteiger partial charge in [-0.1, -0.05) is 12.1 Å². The molecule has 1 heterocycles. The standard InChI is InChI=1S/C17H18FNO4/c1-9-13(16(20)22-3)15(11-6-5-7-12(18)8-11)14(10(2)19-9)17(21)23-4/h5-8,13,15H,1-4H3/t13?,15-/m0/s1. The zero-order valence-corrected chi connectivity index (χ0v) is 13.4. The van der Waals surface area contributed by atoms with E-state index >= 15 is 0 Å². The Hall–Kier alpha value is -2.50. The van der Waals surface area contributed by atoms with E-state index in [9.17, 15) is 14.0 Å². The topological polar surface area (TPSA) is 65.0 Å². The molecule has 1 aromatic carbocycles. The van der Waals surface area contributed by atoms with Crippen LogP contribution in [0.1, 0.15) is 25.3 Å². The van der Waals surface area contributed by atoms with Gasteiger partial charge in [0.2, 0.25) is 0 Å². The predicted octanol–water partition coefficient (Wildman–Crippen LogP) is 2.62. The Balaban J connectivity index is 2.68. The molecule has 1 aliphatic rings. The third-order valence-corrected chi connectivity index (χ3v) is 3.90. The van der Waals surface area contributed by atoms with Crippen LogP contribution in [-0.2, 0) is 19.1 Å². The van der Waals surface area contributed by atoms with Crippen molar-refractivity contribution in [2.24, 2.45) is 10.9 Å². The fourth-order valence-corrected chi connectivity index (χ4v) is 2.90. The Kier molecular flexibility index (Phi) is 4.93. The quantitative estimate of drug-likeness (QED) is 0.803. The fourth-order valence-electron chi connectivity index (χ4n) is 2.90. The molecule has 0 radical (unpaired) electrons. The number of ether oxygens (including phenoxy) is 2. The molecule has 0 fully saturated rings. The molecule has 6 heteroatoms. The number of hydrogen-bond acceptors (Lipinski definition) is 5. The summed E-state index contributed by atoms with van der Waals surface area (Å²) in [5, 5.41) is 0. The summed E-state index contributed by atoms with van der Waals surface area (Å²) in [5.41, 5.74) is 1.69. The maximum Gasteiger partial charge on any atom is 0.336 e. The number of rotatable bonds is 3. The van der Waals surface area contributed by atoms with Gasteiger partial charge >= 0.3 is 11.9 Å². The summed E-state index contributed by atoms with van der Waals surface area (Å²) in [7, 11) is 2.52. The molecule has 0 saturated heterocycles. The number of carbonyl (C=O) groups is 2. The number of methoxy groups -OCH3 is 2. The van der Waals surface area contributed by atoms with Crippen LogP contribution in [-0.4, -0.2) is 31.9 Å². The monoisotopic (exact) mass is 319 g/mol. The molecule has 122 valence electrons. The first-order chi connectivity index (χ1) is 10.9. The van der Waals surface area contributed by atoms with Gasteiger partial charge in [-0.2, -0.15) is 0 Å². The van der Waals surface area contributed by atoms with Crippen molar-refractivity contribution in [3.05, 3.63) is 46.9 Å². The van der Waals surface area contributed by atoms with Gasteiger partial charge in [0, 0.05) is 17.3 Å². The largest absolute Gasteiger partial charge is 0.468 e. The zero-order chi connectivity index (χ0) is 17.1. The van der Waals surface area contributed by atoms with Gasteiger partial charge in [0.1, 0.15) is 11.7 Å². The first-order valence-corrected chi connectivity index (χ1v) is 7.08. The van der Waals surface area contributed by atoms with Crippen LogP contribution in [0.4, 0.5) is 4.39 Å². The molecule has 1 aromatic rings. The molecule has 23 heavy (non-hydrogen) atoms. The summed E-state index contributed by atoms with van der Waals surface area (Å²) in [6.07, 6.45) is 0. The van der Waals surface area contributed by atoms with E-state index in [0.717, 1.165) is 0 Å². The number of nitrogens with zero attached hydrogens (tertiary/aromatic N) is 1. The highest BCUT2D eigenvalue weighted by Gasteiger charge is 2.42. The van der Waals surface area contributed by atoms with Gasteiger partial charge in [-0.15, -0.1) is 0 Å². The van der Waals surface area contributed by atoms with Crippen LogP contribution in [0.15, 0.2) is 40.5 Å². The second-order valence-electron chi connectivity index (χ2n) is 5.28. The van der Waals surface area contributed by atoms with Crippen molar-refractivity contribution in [1.82, 2.24) is 0 Å². The van der Waals surface area contributed by atoms with Crippen LogP contribution >= 0.6 is 0 Å². The molecular formula is C17H18FNO4. The summed E-state index contributed by atoms with van der Waals surface area (Å²) < 4.78 is 23.3. The van der Waals surface area contributed by atoms with Crippen LogP contribution in [0.5, 0.6) is 0 Å². The summed E-state index contributed by atoms with van der Waals surface area (Å²) in [5.74, 6) is -3.09. The maximum absolute atomic E-state index is 13.7. The summed E-state index contributed by atoms with van der Waals surface area (Å²) in [6.45, 7) is 3.35. The van der Waals surface area contributed by atoms with Gasteiger partial charge in [0.05, 0.1) is 19.8 Å². The number of allylic oxidation sites excluding steroid dienone is 1. The molecule has 2 atom stereocenters. The van der Waals surface area contributed by atoms with E-state index in [1.165, 1.54) is 32.4 Å². The second kappa shape index (κ2) is 6.73. The molecule has 0 aromatic heterocycles. The van der Waals surface area contributed by atoms with Crippen molar-refractivity contribution in [2.45, 2.75) is 19.8 Å². The van der Waals surface area contributed by atoms with Crippen LogP contribution in [0, 0.1) is 11.7 Å². The number of carbonyl (C=O) groups excluding carboxylic acids is 2. The molecule has 2 rings (SSSR count). The van der Waals surface area contributed by atoms with E-state index in [4.69, 9.17) is 9.47 Å². The van der Waals surface area contributed by atoms with E-state index in [0.29, 0.717) is 17.0 Å². The van der Waals surface area contributed by atoms with Gasteiger partial charge in [0.15, 0.2) is 0 Å². The van der Waals surface area contributed by atoms with Crippen molar-refractivity contribution in [1.29, 1.82) is 0 Å². The van der Waals surface area contributed by atoms with Gasteiger partial charge < -0.3 is 9.47 Å². The lowest BCUT2D eigenvalue weighted by Crippen LogP contribution is -2.36. The van der Waals surface area contributed by atoms with E-state index in [1.54, 1.807) is 19.9 Å². The van der Waals surface area contributed by atoms with E-state index in [2.05, 4.69) is 4.99 Å². The normalized spacial score (nSPS) is 20.8. The molecule has 0 amide bonds. The summed E-state index contributed by atoms with van der Waals surface area (Å²) in [4.78, 5) is 28.7. The Bertz CT molecular complexity index is 708. The first kappa shape index (κ1) is 16.9. The fraction of sp³-hybridized carbons (Fsp3) is 0.353. The van der Waals surface area contributed by atoms with Gasteiger partial charge in [-0.3, -0.25) is 9.79 Å². The first-order valence-electron chi connectivity index (χ1n) is 7.08. The highest BCUT2D eigenvalue weighted by molar-refractivity contribution is 6.06.